The maximum Gasteiger partial charge on any atom is 0.291 e. The zero-order chi connectivity index (χ0) is 13.2. The van der Waals surface area contributed by atoms with Crippen LogP contribution in [0.5, 0.6) is 0 Å². The van der Waals surface area contributed by atoms with E-state index in [2.05, 4.69) is 5.32 Å². The number of carbonyl (C=O) groups excluding carboxylic acids is 1. The molecule has 0 unspecified atom stereocenters. The molecule has 0 bridgehead atoms. The second-order valence-corrected chi connectivity index (χ2v) is 4.11. The maximum atomic E-state index is 13.0. The van der Waals surface area contributed by atoms with E-state index in [-0.39, 0.29) is 5.76 Å². The molecule has 0 atom stereocenters. The summed E-state index contributed by atoms with van der Waals surface area (Å²) >= 11 is 0. The van der Waals surface area contributed by atoms with Gasteiger partial charge in [-0.05, 0) is 30.3 Å². The minimum atomic E-state index is -0.401. The summed E-state index contributed by atoms with van der Waals surface area (Å²) in [5.41, 5.74) is 1.04. The van der Waals surface area contributed by atoms with E-state index >= 15 is 0 Å². The van der Waals surface area contributed by atoms with Crippen LogP contribution in [-0.4, -0.2) is 5.91 Å². The highest BCUT2D eigenvalue weighted by molar-refractivity contribution is 6.04. The maximum absolute atomic E-state index is 13.0. The number of hydrogen-bond acceptors (Lipinski definition) is 2. The van der Waals surface area contributed by atoms with Crippen molar-refractivity contribution < 1.29 is 13.6 Å². The Morgan fingerprint density at radius 3 is 2.68 bits per heavy atom. The Morgan fingerprint density at radius 2 is 1.89 bits per heavy atom. The lowest BCUT2D eigenvalue weighted by atomic mass is 10.2. The van der Waals surface area contributed by atoms with Crippen molar-refractivity contribution in [1.82, 2.24) is 0 Å². The zero-order valence-corrected chi connectivity index (χ0v) is 9.89. The Bertz CT molecular complexity index is 715. The molecule has 3 aromatic rings. The number of nitrogens with one attached hydrogen (secondary N) is 1. The van der Waals surface area contributed by atoms with Crippen molar-refractivity contribution in [2.75, 3.05) is 5.32 Å². The number of carbonyl (C=O) groups is 1. The van der Waals surface area contributed by atoms with Gasteiger partial charge in [-0.2, -0.15) is 0 Å². The summed E-state index contributed by atoms with van der Waals surface area (Å²) in [6, 6.07) is 14.7. The van der Waals surface area contributed by atoms with Crippen LogP contribution in [0.4, 0.5) is 10.1 Å². The van der Waals surface area contributed by atoms with Gasteiger partial charge in [0.2, 0.25) is 0 Å². The largest absolute Gasteiger partial charge is 0.451 e. The summed E-state index contributed by atoms with van der Waals surface area (Å²) in [7, 11) is 0. The topological polar surface area (TPSA) is 42.2 Å². The molecule has 0 radical (unpaired) electrons. The lowest BCUT2D eigenvalue weighted by molar-refractivity contribution is 0.0998. The van der Waals surface area contributed by atoms with Crippen LogP contribution in [0, 0.1) is 5.82 Å². The van der Waals surface area contributed by atoms with Crippen molar-refractivity contribution >= 4 is 22.6 Å². The van der Waals surface area contributed by atoms with E-state index in [0.717, 1.165) is 5.39 Å². The van der Waals surface area contributed by atoms with Crippen molar-refractivity contribution in [3.8, 4) is 0 Å². The standard InChI is InChI=1S/C15H10FNO2/c16-11-5-3-6-12(9-11)17-15(18)14-8-10-4-1-2-7-13(10)19-14/h1-9H,(H,17,18). The Kier molecular flexibility index (Phi) is 2.76. The number of anilines is 1. The molecule has 0 aliphatic carbocycles. The summed E-state index contributed by atoms with van der Waals surface area (Å²) in [5, 5.41) is 3.44. The Morgan fingerprint density at radius 1 is 1.05 bits per heavy atom. The summed E-state index contributed by atoms with van der Waals surface area (Å²) in [6.45, 7) is 0. The first-order valence-corrected chi connectivity index (χ1v) is 5.78. The van der Waals surface area contributed by atoms with Crippen LogP contribution in [0.15, 0.2) is 59.0 Å². The molecule has 19 heavy (non-hydrogen) atoms. The average Bonchev–Trinajstić information content (AvgIpc) is 2.82. The van der Waals surface area contributed by atoms with Crippen LogP contribution < -0.4 is 5.32 Å². The molecule has 3 nitrogen and oxygen atoms in total. The summed E-state index contributed by atoms with van der Waals surface area (Å²) < 4.78 is 18.4. The fraction of sp³-hybridized carbons (Fsp3) is 0. The first-order valence-electron chi connectivity index (χ1n) is 5.78. The van der Waals surface area contributed by atoms with Crippen LogP contribution in [-0.2, 0) is 0 Å². The highest BCUT2D eigenvalue weighted by Crippen LogP contribution is 2.20. The lowest BCUT2D eigenvalue weighted by Gasteiger charge is -2.02. The molecule has 1 heterocycles. The molecule has 4 heteroatoms. The van der Waals surface area contributed by atoms with Gasteiger partial charge in [-0.3, -0.25) is 4.79 Å². The molecule has 1 N–H and O–H groups in total. The van der Waals surface area contributed by atoms with Crippen LogP contribution >= 0.6 is 0 Å². The second-order valence-electron chi connectivity index (χ2n) is 4.11. The van der Waals surface area contributed by atoms with Gasteiger partial charge in [0.05, 0.1) is 0 Å². The third-order valence-corrected chi connectivity index (χ3v) is 2.73. The third kappa shape index (κ3) is 2.33. The lowest BCUT2D eigenvalue weighted by Crippen LogP contribution is -2.10. The number of benzene rings is 2. The highest BCUT2D eigenvalue weighted by atomic mass is 19.1. The molecular formula is C15H10FNO2. The Labute approximate surface area is 108 Å². The minimum absolute atomic E-state index is 0.200. The summed E-state index contributed by atoms with van der Waals surface area (Å²) in [4.78, 5) is 12.0. The Hall–Kier alpha value is -2.62. The van der Waals surface area contributed by atoms with Gasteiger partial charge in [0.25, 0.3) is 5.91 Å². The van der Waals surface area contributed by atoms with Gasteiger partial charge in [-0.15, -0.1) is 0 Å². The fourth-order valence-electron chi connectivity index (χ4n) is 1.85. The van der Waals surface area contributed by atoms with Crippen molar-refractivity contribution in [2.45, 2.75) is 0 Å². The molecule has 1 amide bonds. The molecule has 2 aromatic carbocycles. The van der Waals surface area contributed by atoms with Crippen LogP contribution in [0.1, 0.15) is 10.6 Å². The number of para-hydroxylation sites is 1. The van der Waals surface area contributed by atoms with Crippen molar-refractivity contribution in [3.63, 3.8) is 0 Å². The third-order valence-electron chi connectivity index (χ3n) is 2.73. The van der Waals surface area contributed by atoms with Crippen molar-refractivity contribution in [1.29, 1.82) is 0 Å². The van der Waals surface area contributed by atoms with Gasteiger partial charge in [0.15, 0.2) is 5.76 Å². The molecule has 0 aliphatic heterocycles. The quantitative estimate of drug-likeness (QED) is 0.756. The first-order chi connectivity index (χ1) is 9.22. The van der Waals surface area contributed by atoms with Gasteiger partial charge >= 0.3 is 0 Å². The number of hydrogen-bond donors (Lipinski definition) is 1. The highest BCUT2D eigenvalue weighted by Gasteiger charge is 2.12. The molecule has 0 fully saturated rings. The normalized spacial score (nSPS) is 10.6. The smallest absolute Gasteiger partial charge is 0.291 e. The first kappa shape index (κ1) is 11.5. The molecule has 1 aromatic heterocycles. The predicted octanol–water partition coefficient (Wildman–Crippen LogP) is 3.82. The number of amides is 1. The van der Waals surface area contributed by atoms with Crippen LogP contribution in [0.25, 0.3) is 11.0 Å². The molecule has 94 valence electrons. The Balaban J connectivity index is 1.87. The van der Waals surface area contributed by atoms with E-state index < -0.39 is 11.7 Å². The minimum Gasteiger partial charge on any atom is -0.451 e. The predicted molar refractivity (Wildman–Crippen MR) is 70.6 cm³/mol. The van der Waals surface area contributed by atoms with Gasteiger partial charge in [0, 0.05) is 11.1 Å². The summed E-state index contributed by atoms with van der Waals surface area (Å²) in [6.07, 6.45) is 0. The zero-order valence-electron chi connectivity index (χ0n) is 9.89. The molecule has 0 aliphatic rings. The molecule has 3 rings (SSSR count). The van der Waals surface area contributed by atoms with E-state index in [4.69, 9.17) is 4.42 Å². The fourth-order valence-corrected chi connectivity index (χ4v) is 1.85. The van der Waals surface area contributed by atoms with E-state index in [9.17, 15) is 9.18 Å². The van der Waals surface area contributed by atoms with Gasteiger partial charge in [-0.1, -0.05) is 24.3 Å². The van der Waals surface area contributed by atoms with Gasteiger partial charge in [-0.25, -0.2) is 4.39 Å². The van der Waals surface area contributed by atoms with E-state index in [1.807, 2.05) is 18.2 Å². The number of rotatable bonds is 2. The van der Waals surface area contributed by atoms with E-state index in [0.29, 0.717) is 11.3 Å². The SMILES string of the molecule is O=C(Nc1cccc(F)c1)c1cc2ccccc2o1. The molecule has 0 spiro atoms. The average molecular weight is 255 g/mol. The van der Waals surface area contributed by atoms with Gasteiger partial charge < -0.3 is 9.73 Å². The molecular weight excluding hydrogens is 245 g/mol. The van der Waals surface area contributed by atoms with Crippen LogP contribution in [0.3, 0.4) is 0 Å². The van der Waals surface area contributed by atoms with E-state index in [1.165, 1.54) is 18.2 Å². The van der Waals surface area contributed by atoms with Crippen LogP contribution in [0.2, 0.25) is 0 Å². The summed E-state index contributed by atoms with van der Waals surface area (Å²) in [5.74, 6) is -0.602. The van der Waals surface area contributed by atoms with Gasteiger partial charge in [0.1, 0.15) is 11.4 Å². The number of fused-ring (bicyclic) bond motifs is 1. The van der Waals surface area contributed by atoms with Crippen molar-refractivity contribution in [3.05, 3.63) is 66.2 Å². The molecule has 0 saturated heterocycles. The molecule has 0 saturated carbocycles. The number of halogens is 1. The second kappa shape index (κ2) is 4.57. The monoisotopic (exact) mass is 255 g/mol. The van der Waals surface area contributed by atoms with Crippen molar-refractivity contribution in [2.24, 2.45) is 0 Å². The number of furan rings is 1. The van der Waals surface area contributed by atoms with E-state index in [1.54, 1.807) is 18.2 Å².